The Balaban J connectivity index is 1.74. The number of hydrogen-bond acceptors (Lipinski definition) is 6. The fourth-order valence-corrected chi connectivity index (χ4v) is 4.32. The molecule has 3 heterocycles. The molecular weight excluding hydrogens is 376 g/mol. The minimum Gasteiger partial charge on any atom is -0.395 e. The molecule has 0 unspecified atom stereocenters. The zero-order valence-electron chi connectivity index (χ0n) is 17.6. The van der Waals surface area contributed by atoms with E-state index in [2.05, 4.69) is 5.16 Å². The van der Waals surface area contributed by atoms with Gasteiger partial charge in [-0.2, -0.15) is 0 Å². The second-order valence-corrected chi connectivity index (χ2v) is 8.36. The topological polar surface area (TPSA) is 107 Å². The summed E-state index contributed by atoms with van der Waals surface area (Å²) in [5.74, 6) is 0.559. The van der Waals surface area contributed by atoms with Gasteiger partial charge in [0.15, 0.2) is 0 Å². The highest BCUT2D eigenvalue weighted by Gasteiger charge is 2.57. The van der Waals surface area contributed by atoms with Crippen LogP contribution in [-0.4, -0.2) is 81.1 Å². The Morgan fingerprint density at radius 2 is 1.90 bits per heavy atom. The van der Waals surface area contributed by atoms with Gasteiger partial charge in [-0.05, 0) is 32.6 Å². The molecule has 0 aliphatic carbocycles. The fraction of sp³-hybridized carbons (Fsp3) is 0.700. The first-order chi connectivity index (χ1) is 13.7. The highest BCUT2D eigenvalue weighted by molar-refractivity contribution is 6.07. The van der Waals surface area contributed by atoms with E-state index in [1.165, 1.54) is 0 Å². The minimum atomic E-state index is -0.920. The van der Waals surface area contributed by atoms with Crippen LogP contribution in [-0.2, 0) is 16.0 Å². The predicted molar refractivity (Wildman–Crippen MR) is 104 cm³/mol. The maximum atomic E-state index is 13.1. The standard InChI is InChI=1S/C20H30N4O5/c1-13(2)12-24-19(28)23(9-10-25)18(27)20(24)5-7-22(8-6-20)17(26)11-16-14(3)21-29-15(16)4/h13,25H,5-12H2,1-4H3. The molecule has 1 aromatic heterocycles. The number of nitrogens with zero attached hydrogens (tertiary/aromatic N) is 4. The Hall–Kier alpha value is -2.42. The number of aromatic nitrogens is 1. The number of hydrogen-bond donors (Lipinski definition) is 1. The Morgan fingerprint density at radius 1 is 1.24 bits per heavy atom. The second kappa shape index (κ2) is 8.14. The molecule has 2 fully saturated rings. The van der Waals surface area contributed by atoms with Gasteiger partial charge in [-0.15, -0.1) is 0 Å². The first-order valence-electron chi connectivity index (χ1n) is 10.1. The van der Waals surface area contributed by atoms with Crippen LogP contribution >= 0.6 is 0 Å². The Labute approximate surface area is 170 Å². The number of carbonyl (C=O) groups excluding carboxylic acids is 3. The number of aryl methyl sites for hydroxylation is 2. The number of aliphatic hydroxyl groups excluding tert-OH is 1. The molecule has 1 aromatic rings. The lowest BCUT2D eigenvalue weighted by molar-refractivity contribution is -0.141. The van der Waals surface area contributed by atoms with Crippen LogP contribution in [0.4, 0.5) is 4.79 Å². The number of amides is 4. The van der Waals surface area contributed by atoms with Crippen molar-refractivity contribution in [3.8, 4) is 0 Å². The van der Waals surface area contributed by atoms with Crippen molar-refractivity contribution < 1.29 is 24.0 Å². The van der Waals surface area contributed by atoms with Crippen LogP contribution in [0.2, 0.25) is 0 Å². The van der Waals surface area contributed by atoms with Gasteiger partial charge in [0.1, 0.15) is 11.3 Å². The third-order valence-corrected chi connectivity index (χ3v) is 5.95. The molecule has 2 aliphatic heterocycles. The number of β-amino-alcohol motifs (C(OH)–C–C–N with tert-alkyl or cyclic N) is 1. The summed E-state index contributed by atoms with van der Waals surface area (Å²) >= 11 is 0. The van der Waals surface area contributed by atoms with Crippen molar-refractivity contribution in [2.75, 3.05) is 32.8 Å². The molecule has 9 nitrogen and oxygen atoms in total. The molecule has 9 heteroatoms. The fourth-order valence-electron chi connectivity index (χ4n) is 4.32. The summed E-state index contributed by atoms with van der Waals surface area (Å²) in [6.07, 6.45) is 1.02. The molecule has 0 aromatic carbocycles. The van der Waals surface area contributed by atoms with Gasteiger partial charge < -0.3 is 19.4 Å². The summed E-state index contributed by atoms with van der Waals surface area (Å²) in [4.78, 5) is 43.3. The van der Waals surface area contributed by atoms with E-state index in [4.69, 9.17) is 4.52 Å². The average Bonchev–Trinajstić information content (AvgIpc) is 3.08. The van der Waals surface area contributed by atoms with Crippen molar-refractivity contribution in [3.63, 3.8) is 0 Å². The van der Waals surface area contributed by atoms with Gasteiger partial charge in [0, 0.05) is 25.2 Å². The summed E-state index contributed by atoms with van der Waals surface area (Å²) in [6, 6.07) is -0.340. The van der Waals surface area contributed by atoms with Crippen LogP contribution in [0.15, 0.2) is 4.52 Å². The Bertz CT molecular complexity index is 775. The van der Waals surface area contributed by atoms with Crippen molar-refractivity contribution >= 4 is 17.8 Å². The normalized spacial score (nSPS) is 19.2. The first kappa shape index (κ1) is 21.3. The third-order valence-electron chi connectivity index (χ3n) is 5.95. The maximum absolute atomic E-state index is 13.1. The van der Waals surface area contributed by atoms with Crippen LogP contribution in [0.5, 0.6) is 0 Å². The number of imide groups is 1. The monoisotopic (exact) mass is 406 g/mol. The number of piperidine rings is 1. The van der Waals surface area contributed by atoms with E-state index in [1.807, 2.05) is 20.8 Å². The quantitative estimate of drug-likeness (QED) is 0.709. The Morgan fingerprint density at radius 3 is 2.41 bits per heavy atom. The van der Waals surface area contributed by atoms with Crippen molar-refractivity contribution in [2.45, 2.75) is 52.5 Å². The molecule has 0 atom stereocenters. The van der Waals surface area contributed by atoms with Gasteiger partial charge in [0.25, 0.3) is 5.91 Å². The average molecular weight is 406 g/mol. The zero-order chi connectivity index (χ0) is 21.3. The van der Waals surface area contributed by atoms with Crippen LogP contribution in [0.1, 0.15) is 43.7 Å². The van der Waals surface area contributed by atoms with E-state index in [-0.39, 0.29) is 43.3 Å². The van der Waals surface area contributed by atoms with Crippen LogP contribution in [0.25, 0.3) is 0 Å². The molecule has 29 heavy (non-hydrogen) atoms. The molecule has 0 radical (unpaired) electrons. The minimum absolute atomic E-state index is 0.00268. The molecule has 1 spiro atoms. The van der Waals surface area contributed by atoms with E-state index in [0.717, 1.165) is 10.5 Å². The molecule has 2 saturated heterocycles. The smallest absolute Gasteiger partial charge is 0.327 e. The molecule has 0 bridgehead atoms. The molecule has 4 amide bonds. The maximum Gasteiger partial charge on any atom is 0.327 e. The van der Waals surface area contributed by atoms with Crippen molar-refractivity contribution in [3.05, 3.63) is 17.0 Å². The molecule has 0 saturated carbocycles. The number of likely N-dealkylation sites (tertiary alicyclic amines) is 1. The molecule has 1 N–H and O–H groups in total. The lowest BCUT2D eigenvalue weighted by Gasteiger charge is -2.42. The van der Waals surface area contributed by atoms with Gasteiger partial charge in [-0.25, -0.2) is 4.79 Å². The zero-order valence-corrected chi connectivity index (χ0v) is 17.6. The van der Waals surface area contributed by atoms with Crippen LogP contribution < -0.4 is 0 Å². The number of aliphatic hydroxyl groups is 1. The van der Waals surface area contributed by atoms with E-state index in [0.29, 0.717) is 43.9 Å². The molecule has 160 valence electrons. The third kappa shape index (κ3) is 3.75. The molecule has 3 rings (SSSR count). The van der Waals surface area contributed by atoms with E-state index < -0.39 is 5.54 Å². The van der Waals surface area contributed by atoms with Gasteiger partial charge in [-0.1, -0.05) is 19.0 Å². The summed E-state index contributed by atoms with van der Waals surface area (Å²) in [5, 5.41) is 13.2. The van der Waals surface area contributed by atoms with Crippen molar-refractivity contribution in [2.24, 2.45) is 5.92 Å². The SMILES string of the molecule is Cc1noc(C)c1CC(=O)N1CCC2(CC1)C(=O)N(CCO)C(=O)N2CC(C)C. The van der Waals surface area contributed by atoms with E-state index in [9.17, 15) is 19.5 Å². The lowest BCUT2D eigenvalue weighted by Crippen LogP contribution is -2.58. The van der Waals surface area contributed by atoms with Crippen LogP contribution in [0, 0.1) is 19.8 Å². The Kier molecular flexibility index (Phi) is 5.97. The summed E-state index contributed by atoms with van der Waals surface area (Å²) in [6.45, 7) is 8.63. The largest absolute Gasteiger partial charge is 0.395 e. The highest BCUT2D eigenvalue weighted by atomic mass is 16.5. The van der Waals surface area contributed by atoms with Crippen molar-refractivity contribution in [1.82, 2.24) is 19.9 Å². The van der Waals surface area contributed by atoms with Gasteiger partial charge >= 0.3 is 6.03 Å². The number of rotatable bonds is 6. The second-order valence-electron chi connectivity index (χ2n) is 8.36. The van der Waals surface area contributed by atoms with E-state index >= 15 is 0 Å². The van der Waals surface area contributed by atoms with Crippen molar-refractivity contribution in [1.29, 1.82) is 0 Å². The van der Waals surface area contributed by atoms with Gasteiger partial charge in [0.05, 0.1) is 25.3 Å². The lowest BCUT2D eigenvalue weighted by atomic mass is 9.85. The summed E-state index contributed by atoms with van der Waals surface area (Å²) in [7, 11) is 0. The highest BCUT2D eigenvalue weighted by Crippen LogP contribution is 2.38. The molecule has 2 aliphatic rings. The molecular formula is C20H30N4O5. The summed E-state index contributed by atoms with van der Waals surface area (Å²) < 4.78 is 5.14. The summed E-state index contributed by atoms with van der Waals surface area (Å²) in [5.41, 5.74) is 0.595. The van der Waals surface area contributed by atoms with E-state index in [1.54, 1.807) is 16.7 Å². The number of carbonyl (C=O) groups is 3. The predicted octanol–water partition coefficient (Wildman–Crippen LogP) is 1.11. The van der Waals surface area contributed by atoms with Gasteiger partial charge in [-0.3, -0.25) is 14.5 Å². The van der Waals surface area contributed by atoms with Gasteiger partial charge in [0.2, 0.25) is 5.91 Å². The first-order valence-corrected chi connectivity index (χ1v) is 10.1. The number of urea groups is 1. The van der Waals surface area contributed by atoms with Crippen LogP contribution in [0.3, 0.4) is 0 Å².